The fourth-order valence-electron chi connectivity index (χ4n) is 3.90. The van der Waals surface area contributed by atoms with E-state index in [1.54, 1.807) is 11.1 Å². The van der Waals surface area contributed by atoms with Gasteiger partial charge >= 0.3 is 0 Å². The highest BCUT2D eigenvalue weighted by Crippen LogP contribution is 2.48. The van der Waals surface area contributed by atoms with Crippen LogP contribution in [0, 0.1) is 17.8 Å². The standard InChI is InChI=1S/C18H29NO/c1-11(2)19-18(20)14(5)10-15-8-6-12(3)16-9-7-13(4)17(15)16/h10-12,15-16H,6-9H2,1-5H3,(H,19,20)/t12-,15+,16-/m1/s1. The van der Waals surface area contributed by atoms with Crippen molar-refractivity contribution < 1.29 is 4.79 Å². The maximum absolute atomic E-state index is 12.1. The SMILES string of the molecule is CC(=C[C@@H]1CC[C@@H](C)[C@H]2CCC(C)=C12)C(=O)NC(C)C. The second-order valence-electron chi connectivity index (χ2n) is 7.02. The Bertz CT molecular complexity index is 444. The normalized spacial score (nSPS) is 30.7. The van der Waals surface area contributed by atoms with Crippen molar-refractivity contribution in [3.05, 3.63) is 22.8 Å². The van der Waals surface area contributed by atoms with Crippen LogP contribution in [0.15, 0.2) is 22.8 Å². The molecule has 20 heavy (non-hydrogen) atoms. The van der Waals surface area contributed by atoms with Gasteiger partial charge in [-0.2, -0.15) is 0 Å². The van der Waals surface area contributed by atoms with Crippen molar-refractivity contribution in [2.45, 2.75) is 66.3 Å². The summed E-state index contributed by atoms with van der Waals surface area (Å²) in [5.74, 6) is 2.17. The predicted octanol–water partition coefficient (Wildman–Crippen LogP) is 4.23. The van der Waals surface area contributed by atoms with Gasteiger partial charge in [-0.1, -0.05) is 24.1 Å². The van der Waals surface area contributed by atoms with Gasteiger partial charge in [0.2, 0.25) is 5.91 Å². The molecule has 1 amide bonds. The van der Waals surface area contributed by atoms with Crippen molar-refractivity contribution in [3.8, 4) is 0 Å². The number of nitrogens with one attached hydrogen (secondary N) is 1. The van der Waals surface area contributed by atoms with Crippen LogP contribution in [0.4, 0.5) is 0 Å². The fraction of sp³-hybridized carbons (Fsp3) is 0.722. The molecular weight excluding hydrogens is 246 g/mol. The molecule has 2 aliphatic rings. The molecule has 0 radical (unpaired) electrons. The van der Waals surface area contributed by atoms with Crippen LogP contribution >= 0.6 is 0 Å². The topological polar surface area (TPSA) is 29.1 Å². The molecule has 0 heterocycles. The lowest BCUT2D eigenvalue weighted by atomic mass is 9.71. The van der Waals surface area contributed by atoms with E-state index >= 15 is 0 Å². The van der Waals surface area contributed by atoms with E-state index in [1.807, 2.05) is 20.8 Å². The lowest BCUT2D eigenvalue weighted by Crippen LogP contribution is -2.31. The molecule has 1 fully saturated rings. The van der Waals surface area contributed by atoms with E-state index in [9.17, 15) is 4.79 Å². The number of hydrogen-bond acceptors (Lipinski definition) is 1. The summed E-state index contributed by atoms with van der Waals surface area (Å²) in [6.45, 7) is 10.6. The highest BCUT2D eigenvalue weighted by atomic mass is 16.1. The van der Waals surface area contributed by atoms with Gasteiger partial charge in [0.05, 0.1) is 0 Å². The fourth-order valence-corrected chi connectivity index (χ4v) is 3.90. The van der Waals surface area contributed by atoms with Crippen molar-refractivity contribution in [2.75, 3.05) is 0 Å². The predicted molar refractivity (Wildman–Crippen MR) is 84.3 cm³/mol. The molecule has 3 atom stereocenters. The minimum absolute atomic E-state index is 0.0893. The van der Waals surface area contributed by atoms with E-state index in [0.29, 0.717) is 5.92 Å². The minimum Gasteiger partial charge on any atom is -0.350 e. The van der Waals surface area contributed by atoms with E-state index in [2.05, 4.69) is 25.2 Å². The molecule has 0 aromatic rings. The quantitative estimate of drug-likeness (QED) is 0.606. The van der Waals surface area contributed by atoms with Gasteiger partial charge in [0.1, 0.15) is 0 Å². The number of rotatable bonds is 3. The molecule has 0 unspecified atom stereocenters. The van der Waals surface area contributed by atoms with E-state index in [4.69, 9.17) is 0 Å². The first-order valence-corrected chi connectivity index (χ1v) is 8.09. The van der Waals surface area contributed by atoms with Gasteiger partial charge in [0, 0.05) is 11.6 Å². The monoisotopic (exact) mass is 275 g/mol. The zero-order valence-electron chi connectivity index (χ0n) is 13.6. The van der Waals surface area contributed by atoms with Gasteiger partial charge in [0.25, 0.3) is 0 Å². The maximum atomic E-state index is 12.1. The molecule has 2 rings (SSSR count). The Morgan fingerprint density at radius 2 is 2.00 bits per heavy atom. The zero-order chi connectivity index (χ0) is 14.9. The van der Waals surface area contributed by atoms with Gasteiger partial charge in [-0.15, -0.1) is 0 Å². The van der Waals surface area contributed by atoms with Gasteiger partial charge in [-0.25, -0.2) is 0 Å². The van der Waals surface area contributed by atoms with Gasteiger partial charge in [-0.05, 0) is 71.1 Å². The Morgan fingerprint density at radius 1 is 1.30 bits per heavy atom. The first kappa shape index (κ1) is 15.3. The molecular formula is C18H29NO. The molecule has 2 heteroatoms. The third kappa shape index (κ3) is 3.16. The molecule has 112 valence electrons. The van der Waals surface area contributed by atoms with Crippen molar-refractivity contribution in [1.29, 1.82) is 0 Å². The molecule has 2 nitrogen and oxygen atoms in total. The lowest BCUT2D eigenvalue weighted by molar-refractivity contribution is -0.117. The Kier molecular flexibility index (Phi) is 4.72. The summed E-state index contributed by atoms with van der Waals surface area (Å²) in [5.41, 5.74) is 4.12. The maximum Gasteiger partial charge on any atom is 0.246 e. The van der Waals surface area contributed by atoms with E-state index in [1.165, 1.54) is 25.7 Å². The van der Waals surface area contributed by atoms with E-state index in [0.717, 1.165) is 17.4 Å². The van der Waals surface area contributed by atoms with E-state index < -0.39 is 0 Å². The summed E-state index contributed by atoms with van der Waals surface area (Å²) in [7, 11) is 0. The smallest absolute Gasteiger partial charge is 0.246 e. The van der Waals surface area contributed by atoms with Crippen LogP contribution in [-0.2, 0) is 4.79 Å². The Hall–Kier alpha value is -1.05. The van der Waals surface area contributed by atoms with Crippen LogP contribution in [0.25, 0.3) is 0 Å². The first-order valence-electron chi connectivity index (χ1n) is 8.09. The van der Waals surface area contributed by atoms with Crippen LogP contribution in [-0.4, -0.2) is 11.9 Å². The van der Waals surface area contributed by atoms with Crippen LogP contribution < -0.4 is 5.32 Å². The van der Waals surface area contributed by atoms with Crippen molar-refractivity contribution in [3.63, 3.8) is 0 Å². The molecule has 2 aliphatic carbocycles. The highest BCUT2D eigenvalue weighted by molar-refractivity contribution is 5.93. The number of amides is 1. The summed E-state index contributed by atoms with van der Waals surface area (Å²) in [6.07, 6.45) is 7.30. The molecule has 1 saturated carbocycles. The summed E-state index contributed by atoms with van der Waals surface area (Å²) in [4.78, 5) is 12.1. The molecule has 0 aromatic heterocycles. The molecule has 0 bridgehead atoms. The average molecular weight is 275 g/mol. The minimum atomic E-state index is 0.0893. The zero-order valence-corrected chi connectivity index (χ0v) is 13.6. The number of carbonyl (C=O) groups is 1. The van der Waals surface area contributed by atoms with Crippen molar-refractivity contribution >= 4 is 5.91 Å². The molecule has 0 spiro atoms. The summed E-state index contributed by atoms with van der Waals surface area (Å²) >= 11 is 0. The summed E-state index contributed by atoms with van der Waals surface area (Å²) < 4.78 is 0. The van der Waals surface area contributed by atoms with Crippen molar-refractivity contribution in [1.82, 2.24) is 5.32 Å². The van der Waals surface area contributed by atoms with Crippen LogP contribution in [0.1, 0.15) is 60.3 Å². The second kappa shape index (κ2) is 6.15. The Balaban J connectivity index is 2.16. The second-order valence-corrected chi connectivity index (χ2v) is 7.02. The number of allylic oxidation sites excluding steroid dienone is 3. The Labute approximate surface area is 123 Å². The molecule has 0 aliphatic heterocycles. The van der Waals surface area contributed by atoms with Crippen LogP contribution in [0.2, 0.25) is 0 Å². The Morgan fingerprint density at radius 3 is 2.65 bits per heavy atom. The summed E-state index contributed by atoms with van der Waals surface area (Å²) in [6, 6.07) is 0.206. The van der Waals surface area contributed by atoms with Crippen LogP contribution in [0.3, 0.4) is 0 Å². The highest BCUT2D eigenvalue weighted by Gasteiger charge is 2.36. The molecule has 0 aromatic carbocycles. The van der Waals surface area contributed by atoms with Gasteiger partial charge < -0.3 is 5.32 Å². The number of hydrogen-bond donors (Lipinski definition) is 1. The van der Waals surface area contributed by atoms with Crippen LogP contribution in [0.5, 0.6) is 0 Å². The summed E-state index contributed by atoms with van der Waals surface area (Å²) in [5, 5.41) is 2.99. The van der Waals surface area contributed by atoms with E-state index in [-0.39, 0.29) is 11.9 Å². The number of fused-ring (bicyclic) bond motifs is 1. The number of carbonyl (C=O) groups excluding carboxylic acids is 1. The van der Waals surface area contributed by atoms with Crippen molar-refractivity contribution in [2.24, 2.45) is 17.8 Å². The first-order chi connectivity index (χ1) is 9.40. The third-order valence-electron chi connectivity index (χ3n) is 4.97. The molecule has 0 saturated heterocycles. The van der Waals surface area contributed by atoms with Gasteiger partial charge in [-0.3, -0.25) is 4.79 Å². The van der Waals surface area contributed by atoms with Gasteiger partial charge in [0.15, 0.2) is 0 Å². The average Bonchev–Trinajstić information content (AvgIpc) is 2.75. The third-order valence-corrected chi connectivity index (χ3v) is 4.97. The lowest BCUT2D eigenvalue weighted by Gasteiger charge is -2.34. The largest absolute Gasteiger partial charge is 0.350 e. The molecule has 1 N–H and O–H groups in total.